The van der Waals surface area contributed by atoms with Crippen LogP contribution in [-0.2, 0) is 22.6 Å². The molecule has 0 unspecified atom stereocenters. The highest BCUT2D eigenvalue weighted by atomic mass is 16.4. The fourth-order valence-corrected chi connectivity index (χ4v) is 4.19. The molecule has 1 aromatic carbocycles. The van der Waals surface area contributed by atoms with E-state index in [-0.39, 0.29) is 17.1 Å². The summed E-state index contributed by atoms with van der Waals surface area (Å²) in [5.74, 6) is 0.106. The van der Waals surface area contributed by atoms with Crippen molar-refractivity contribution in [2.45, 2.75) is 51.7 Å². The maximum atomic E-state index is 13.0. The second-order valence-corrected chi connectivity index (χ2v) is 7.72. The van der Waals surface area contributed by atoms with Crippen LogP contribution >= 0.6 is 0 Å². The van der Waals surface area contributed by atoms with Crippen LogP contribution in [0.3, 0.4) is 0 Å². The van der Waals surface area contributed by atoms with Gasteiger partial charge in [0.05, 0.1) is 18.7 Å². The molecule has 1 aromatic heterocycles. The maximum absolute atomic E-state index is 13.0. The Labute approximate surface area is 177 Å². The van der Waals surface area contributed by atoms with Crippen LogP contribution in [0.25, 0.3) is 0 Å². The number of anilines is 1. The lowest BCUT2D eigenvalue weighted by atomic mass is 9.85. The average molecular weight is 416 g/mol. The summed E-state index contributed by atoms with van der Waals surface area (Å²) in [6.07, 6.45) is 2.05. The minimum absolute atomic E-state index is 0.106. The van der Waals surface area contributed by atoms with E-state index < -0.39 is 0 Å². The molecular formula is C21H32N6O3. The Bertz CT molecular complexity index is 870. The van der Waals surface area contributed by atoms with Crippen LogP contribution in [0, 0.1) is 0 Å². The monoisotopic (exact) mass is 415 g/mol. The number of aryl methyl sites for hydroxylation is 1. The standard InChI is InChI=1S/C21H32N6O3/c1-4-19(28)27(18-9-7-6-8-10-18)21(17-30-3)11-13-24(14-12-21)15-16-26-20(29)25(5-2)22-23-26/h6-10H,4-5,11-17H2,1-3H3/i3-1. The average Bonchev–Trinajstić information content (AvgIpc) is 3.13. The van der Waals surface area contributed by atoms with Gasteiger partial charge in [0, 0.05) is 45.4 Å². The summed E-state index contributed by atoms with van der Waals surface area (Å²) >= 11 is 0. The lowest BCUT2D eigenvalue weighted by Gasteiger charge is -2.48. The Morgan fingerprint density at radius 3 is 2.33 bits per heavy atom. The molecule has 9 nitrogen and oxygen atoms in total. The Morgan fingerprint density at radius 2 is 1.77 bits per heavy atom. The molecule has 1 aliphatic heterocycles. The van der Waals surface area contributed by atoms with Crippen molar-refractivity contribution in [1.82, 2.24) is 24.7 Å². The number of hydrogen-bond donors (Lipinski definition) is 0. The second kappa shape index (κ2) is 9.99. The van der Waals surface area contributed by atoms with Gasteiger partial charge in [0.2, 0.25) is 5.91 Å². The predicted octanol–water partition coefficient (Wildman–Crippen LogP) is 1.38. The Morgan fingerprint density at radius 1 is 1.10 bits per heavy atom. The van der Waals surface area contributed by atoms with Gasteiger partial charge in [-0.25, -0.2) is 4.79 Å². The van der Waals surface area contributed by atoms with Crippen LogP contribution in [0.1, 0.15) is 33.1 Å². The minimum Gasteiger partial charge on any atom is -0.382 e. The van der Waals surface area contributed by atoms with E-state index in [0.717, 1.165) is 38.2 Å². The summed E-state index contributed by atoms with van der Waals surface area (Å²) in [5.41, 5.74) is 0.367. The van der Waals surface area contributed by atoms with Crippen LogP contribution in [-0.4, -0.2) is 69.5 Å². The fourth-order valence-electron chi connectivity index (χ4n) is 4.19. The van der Waals surface area contributed by atoms with Gasteiger partial charge < -0.3 is 14.5 Å². The molecular weight excluding hydrogens is 383 g/mol. The third-order valence-corrected chi connectivity index (χ3v) is 5.87. The van der Waals surface area contributed by atoms with Crippen molar-refractivity contribution in [2.75, 3.05) is 38.3 Å². The number of benzene rings is 1. The van der Waals surface area contributed by atoms with E-state index in [4.69, 9.17) is 4.74 Å². The molecule has 0 aliphatic carbocycles. The molecule has 164 valence electrons. The molecule has 1 fully saturated rings. The Kier molecular flexibility index (Phi) is 7.38. The van der Waals surface area contributed by atoms with Crippen molar-refractivity contribution >= 4 is 11.6 Å². The summed E-state index contributed by atoms with van der Waals surface area (Å²) in [4.78, 5) is 29.4. The van der Waals surface area contributed by atoms with Gasteiger partial charge in [-0.05, 0) is 42.3 Å². The number of likely N-dealkylation sites (tertiary alicyclic amines) is 1. The summed E-state index contributed by atoms with van der Waals surface area (Å²) in [7, 11) is 1.69. The number of nitrogens with zero attached hydrogens (tertiary/aromatic N) is 6. The van der Waals surface area contributed by atoms with Gasteiger partial charge in [0.25, 0.3) is 0 Å². The topological polar surface area (TPSA) is 85.5 Å². The van der Waals surface area contributed by atoms with Crippen molar-refractivity contribution in [3.05, 3.63) is 40.8 Å². The van der Waals surface area contributed by atoms with Gasteiger partial charge in [-0.1, -0.05) is 25.1 Å². The van der Waals surface area contributed by atoms with E-state index in [2.05, 4.69) is 15.3 Å². The number of carbonyl (C=O) groups excluding carboxylic acids is 1. The zero-order valence-corrected chi connectivity index (χ0v) is 18.2. The number of carbonyl (C=O) groups is 1. The lowest BCUT2D eigenvalue weighted by molar-refractivity contribution is -0.120. The number of ether oxygens (including phenoxy) is 1. The largest absolute Gasteiger partial charge is 0.382 e. The number of aromatic nitrogens is 4. The number of methoxy groups -OCH3 is 1. The van der Waals surface area contributed by atoms with Crippen molar-refractivity contribution in [3.8, 4) is 0 Å². The highest BCUT2D eigenvalue weighted by Gasteiger charge is 2.42. The number of rotatable bonds is 9. The molecule has 2 heterocycles. The molecule has 9 heteroatoms. The summed E-state index contributed by atoms with van der Waals surface area (Å²) in [6, 6.07) is 9.85. The Balaban J connectivity index is 1.71. The normalized spacial score (nSPS) is 16.5. The van der Waals surface area contributed by atoms with Gasteiger partial charge in [0.15, 0.2) is 0 Å². The van der Waals surface area contributed by atoms with Gasteiger partial charge in [0.1, 0.15) is 0 Å². The Hall–Kier alpha value is -2.52. The first kappa shape index (κ1) is 22.2. The van der Waals surface area contributed by atoms with Crippen LogP contribution in [0.15, 0.2) is 35.1 Å². The molecule has 1 aliphatic rings. The van der Waals surface area contributed by atoms with Gasteiger partial charge in [-0.15, -0.1) is 0 Å². The smallest absolute Gasteiger partial charge is 0.363 e. The van der Waals surface area contributed by atoms with E-state index in [1.807, 2.05) is 49.1 Å². The molecule has 0 N–H and O–H groups in total. The highest BCUT2D eigenvalue weighted by Crippen LogP contribution is 2.34. The third kappa shape index (κ3) is 4.62. The lowest BCUT2D eigenvalue weighted by Crippen LogP contribution is -2.60. The number of para-hydroxylation sites is 1. The molecule has 0 bridgehead atoms. The predicted molar refractivity (Wildman–Crippen MR) is 114 cm³/mol. The zero-order valence-electron chi connectivity index (χ0n) is 18.2. The van der Waals surface area contributed by atoms with Crippen LogP contribution in [0.5, 0.6) is 0 Å². The minimum atomic E-state index is -0.373. The molecule has 0 saturated carbocycles. The number of piperidine rings is 1. The number of amides is 1. The van der Waals surface area contributed by atoms with Crippen LogP contribution in [0.4, 0.5) is 5.69 Å². The number of tetrazole rings is 1. The SMILES string of the molecule is CCC(=O)N(c1ccccc1)C1(CO[11CH3])CCN(CCn2nnn(CC)c2=O)CC1. The van der Waals surface area contributed by atoms with Crippen LogP contribution < -0.4 is 10.6 Å². The number of hydrogen-bond acceptors (Lipinski definition) is 6. The van der Waals surface area contributed by atoms with E-state index in [9.17, 15) is 9.59 Å². The molecule has 0 spiro atoms. The zero-order chi connectivity index (χ0) is 21.6. The molecule has 3 rings (SSSR count). The van der Waals surface area contributed by atoms with Crippen molar-refractivity contribution < 1.29 is 9.53 Å². The summed E-state index contributed by atoms with van der Waals surface area (Å²) < 4.78 is 8.37. The highest BCUT2D eigenvalue weighted by molar-refractivity contribution is 5.94. The molecule has 0 radical (unpaired) electrons. The van der Waals surface area contributed by atoms with Gasteiger partial charge >= 0.3 is 5.69 Å². The van der Waals surface area contributed by atoms with E-state index in [0.29, 0.717) is 26.1 Å². The first-order valence-corrected chi connectivity index (χ1v) is 10.6. The first-order chi connectivity index (χ1) is 14.5. The molecule has 1 saturated heterocycles. The third-order valence-electron chi connectivity index (χ3n) is 5.87. The summed E-state index contributed by atoms with van der Waals surface area (Å²) in [6.45, 7) is 7.64. The quantitative estimate of drug-likeness (QED) is 0.615. The molecule has 30 heavy (non-hydrogen) atoms. The molecule has 2 aromatic rings. The van der Waals surface area contributed by atoms with Gasteiger partial charge in [-0.2, -0.15) is 9.36 Å². The van der Waals surface area contributed by atoms with Crippen molar-refractivity contribution in [1.29, 1.82) is 0 Å². The van der Waals surface area contributed by atoms with E-state index in [1.54, 1.807) is 7.11 Å². The molecule has 0 atom stereocenters. The fraction of sp³-hybridized carbons (Fsp3) is 0.619. The van der Waals surface area contributed by atoms with E-state index in [1.165, 1.54) is 9.36 Å². The van der Waals surface area contributed by atoms with Crippen molar-refractivity contribution in [3.63, 3.8) is 0 Å². The van der Waals surface area contributed by atoms with Crippen molar-refractivity contribution in [2.24, 2.45) is 0 Å². The molecule has 1 amide bonds. The second-order valence-electron chi connectivity index (χ2n) is 7.72. The first-order valence-electron chi connectivity index (χ1n) is 10.6. The summed E-state index contributed by atoms with van der Waals surface area (Å²) in [5, 5.41) is 7.82. The van der Waals surface area contributed by atoms with E-state index >= 15 is 0 Å². The van der Waals surface area contributed by atoms with Crippen LogP contribution in [0.2, 0.25) is 0 Å². The maximum Gasteiger partial charge on any atom is 0.363 e. The van der Waals surface area contributed by atoms with Gasteiger partial charge in [-0.3, -0.25) is 4.79 Å².